The summed E-state index contributed by atoms with van der Waals surface area (Å²) in [5, 5.41) is -0.251. The Balaban J connectivity index is 2.72. The van der Waals surface area contributed by atoms with Crippen LogP contribution in [0.3, 0.4) is 0 Å². The highest BCUT2D eigenvalue weighted by Gasteiger charge is 2.37. The maximum Gasteiger partial charge on any atom is 0.289 e. The van der Waals surface area contributed by atoms with Crippen molar-refractivity contribution < 1.29 is 21.2 Å². The third-order valence-corrected chi connectivity index (χ3v) is 8.65. The Labute approximate surface area is 133 Å². The molecule has 0 amide bonds. The second-order valence-electron chi connectivity index (χ2n) is 3.91. The lowest BCUT2D eigenvalue weighted by Gasteiger charge is -2.08. The van der Waals surface area contributed by atoms with Gasteiger partial charge in [0.25, 0.3) is 17.7 Å². The second-order valence-corrected chi connectivity index (χ2v) is 10.6. The minimum atomic E-state index is -4.97. The first-order chi connectivity index (χ1) is 9.68. The van der Waals surface area contributed by atoms with Crippen LogP contribution in [0.25, 0.3) is 0 Å². The number of rotatable bonds is 3. The lowest BCUT2D eigenvalue weighted by molar-refractivity contribution is 0.564. The van der Waals surface area contributed by atoms with Gasteiger partial charge < -0.3 is 0 Å². The zero-order valence-electron chi connectivity index (χ0n) is 10.1. The van der Waals surface area contributed by atoms with Gasteiger partial charge in [0.2, 0.25) is 0 Å². The Morgan fingerprint density at radius 3 is 2.05 bits per heavy atom. The van der Waals surface area contributed by atoms with Crippen molar-refractivity contribution in [2.75, 3.05) is 0 Å². The molecule has 2 aromatic carbocycles. The minimum Gasteiger partial charge on any atom is -0.207 e. The average Bonchev–Trinajstić information content (AvgIpc) is 2.38. The van der Waals surface area contributed by atoms with Gasteiger partial charge in [-0.3, -0.25) is 0 Å². The molecule has 0 aliphatic carbocycles. The molecule has 0 atom stereocenters. The zero-order chi connectivity index (χ0) is 15.8. The van der Waals surface area contributed by atoms with Gasteiger partial charge in [0.1, 0.15) is 15.6 Å². The van der Waals surface area contributed by atoms with Crippen LogP contribution in [0.4, 0.5) is 4.39 Å². The van der Waals surface area contributed by atoms with E-state index in [2.05, 4.69) is 15.9 Å². The summed E-state index contributed by atoms with van der Waals surface area (Å²) in [4.78, 5) is -1.51. The van der Waals surface area contributed by atoms with Crippen molar-refractivity contribution in [3.8, 4) is 0 Å². The van der Waals surface area contributed by atoms with Gasteiger partial charge in [0.05, 0.1) is 5.02 Å². The van der Waals surface area contributed by atoms with Crippen LogP contribution < -0.4 is 0 Å². The molecule has 2 rings (SSSR count). The molecule has 4 nitrogen and oxygen atoms in total. The van der Waals surface area contributed by atoms with E-state index in [-0.39, 0.29) is 9.50 Å². The van der Waals surface area contributed by atoms with Crippen LogP contribution in [-0.2, 0) is 17.7 Å². The van der Waals surface area contributed by atoms with Crippen molar-refractivity contribution in [3.05, 3.63) is 57.8 Å². The highest BCUT2D eigenvalue weighted by molar-refractivity contribution is 9.10. The van der Waals surface area contributed by atoms with E-state index >= 15 is 0 Å². The molecule has 0 heterocycles. The normalized spacial score (nSPS) is 12.3. The molecule has 0 unspecified atom stereocenters. The summed E-state index contributed by atoms with van der Waals surface area (Å²) in [6, 6.07) is 8.05. The average molecular weight is 414 g/mol. The maximum atomic E-state index is 13.8. The van der Waals surface area contributed by atoms with E-state index in [0.29, 0.717) is 0 Å². The predicted molar refractivity (Wildman–Crippen MR) is 79.9 cm³/mol. The molecule has 0 aliphatic rings. The van der Waals surface area contributed by atoms with Gasteiger partial charge in [-0.05, 0) is 30.3 Å². The fraction of sp³-hybridized carbons (Fsp3) is 0. The topological polar surface area (TPSA) is 68.3 Å². The molecule has 112 valence electrons. The third kappa shape index (κ3) is 2.85. The van der Waals surface area contributed by atoms with Gasteiger partial charge in [-0.15, -0.1) is 0 Å². The predicted octanol–water partition coefficient (Wildman–Crippen LogP) is 3.40. The largest absolute Gasteiger partial charge is 0.289 e. The Morgan fingerprint density at radius 1 is 0.905 bits per heavy atom. The first-order valence-corrected chi connectivity index (χ1v) is 10.0. The van der Waals surface area contributed by atoms with Crippen LogP contribution in [0, 0.1) is 5.82 Å². The molecule has 2 aromatic rings. The second kappa shape index (κ2) is 5.68. The number of benzene rings is 2. The monoisotopic (exact) mass is 412 g/mol. The van der Waals surface area contributed by atoms with Crippen LogP contribution in [0.1, 0.15) is 0 Å². The van der Waals surface area contributed by atoms with Crippen LogP contribution in [0.15, 0.2) is 56.7 Å². The summed E-state index contributed by atoms with van der Waals surface area (Å²) in [6.45, 7) is 0. The lowest BCUT2D eigenvalue weighted by atomic mass is 10.3. The van der Waals surface area contributed by atoms with Crippen molar-refractivity contribution in [1.29, 1.82) is 0 Å². The van der Waals surface area contributed by atoms with E-state index in [1.807, 2.05) is 0 Å². The Morgan fingerprint density at radius 2 is 1.48 bits per heavy atom. The fourth-order valence-electron chi connectivity index (χ4n) is 1.56. The number of hydrogen-bond acceptors (Lipinski definition) is 4. The molecule has 0 radical (unpaired) electrons. The highest BCUT2D eigenvalue weighted by Crippen LogP contribution is 2.31. The van der Waals surface area contributed by atoms with Gasteiger partial charge in [0.15, 0.2) is 0 Å². The van der Waals surface area contributed by atoms with Gasteiger partial charge in [0, 0.05) is 4.47 Å². The molecule has 0 aliphatic heterocycles. The Hall–Kier alpha value is -0.960. The molecule has 9 heteroatoms. The van der Waals surface area contributed by atoms with E-state index in [1.54, 1.807) is 0 Å². The summed E-state index contributed by atoms with van der Waals surface area (Å²) in [6.07, 6.45) is 0. The van der Waals surface area contributed by atoms with E-state index < -0.39 is 33.3 Å². The number of halogens is 3. The summed E-state index contributed by atoms with van der Waals surface area (Å²) in [5.74, 6) is -1.17. The molecule has 0 saturated heterocycles. The van der Waals surface area contributed by atoms with E-state index in [4.69, 9.17) is 11.6 Å². The smallest absolute Gasteiger partial charge is 0.207 e. The molecule has 0 saturated carbocycles. The van der Waals surface area contributed by atoms with Crippen molar-refractivity contribution in [1.82, 2.24) is 0 Å². The van der Waals surface area contributed by atoms with Crippen molar-refractivity contribution in [3.63, 3.8) is 0 Å². The third-order valence-electron chi connectivity index (χ3n) is 2.56. The van der Waals surface area contributed by atoms with Gasteiger partial charge in [-0.2, -0.15) is 0 Å². The van der Waals surface area contributed by atoms with Gasteiger partial charge >= 0.3 is 0 Å². The molecule has 21 heavy (non-hydrogen) atoms. The standard InChI is InChI=1S/C12H7BrClFO4S2/c13-8-5-6-12(10(15)7-8)21(18,19)20(16,17)11-4-2-1-3-9(11)14/h1-7H. The van der Waals surface area contributed by atoms with Crippen LogP contribution in [0.2, 0.25) is 5.02 Å². The number of hydrogen-bond donors (Lipinski definition) is 0. The van der Waals surface area contributed by atoms with Gasteiger partial charge in [-0.1, -0.05) is 39.7 Å². The van der Waals surface area contributed by atoms with Gasteiger partial charge in [-0.25, -0.2) is 21.2 Å². The van der Waals surface area contributed by atoms with E-state index in [0.717, 1.165) is 18.2 Å². The molecule has 0 spiro atoms. The summed E-state index contributed by atoms with van der Waals surface area (Å²) < 4.78 is 63.1. The first-order valence-electron chi connectivity index (χ1n) is 5.37. The summed E-state index contributed by atoms with van der Waals surface area (Å²) >= 11 is 8.69. The van der Waals surface area contributed by atoms with E-state index in [1.165, 1.54) is 24.3 Å². The molecule has 0 bridgehead atoms. The molecule has 0 fully saturated rings. The highest BCUT2D eigenvalue weighted by atomic mass is 79.9. The lowest BCUT2D eigenvalue weighted by Crippen LogP contribution is -2.17. The molecular weight excluding hydrogens is 407 g/mol. The fourth-order valence-corrected chi connectivity index (χ4v) is 6.29. The quantitative estimate of drug-likeness (QED) is 0.723. The molecule has 0 aromatic heterocycles. The first kappa shape index (κ1) is 16.4. The maximum absolute atomic E-state index is 13.8. The summed E-state index contributed by atoms with van der Waals surface area (Å²) in [7, 11) is -9.84. The van der Waals surface area contributed by atoms with E-state index in [9.17, 15) is 21.2 Å². The van der Waals surface area contributed by atoms with Crippen LogP contribution >= 0.6 is 27.5 Å². The molecule has 0 N–H and O–H groups in total. The Bertz CT molecular complexity index is 911. The van der Waals surface area contributed by atoms with Crippen LogP contribution in [-0.4, -0.2) is 16.8 Å². The Kier molecular flexibility index (Phi) is 4.44. The van der Waals surface area contributed by atoms with Crippen molar-refractivity contribution in [2.24, 2.45) is 0 Å². The minimum absolute atomic E-state index is 0.251. The summed E-state index contributed by atoms with van der Waals surface area (Å²) in [5.41, 5.74) is 0. The SMILES string of the molecule is O=S(=O)(c1ccc(Br)cc1F)S(=O)(=O)c1ccccc1Cl. The zero-order valence-corrected chi connectivity index (χ0v) is 14.1. The van der Waals surface area contributed by atoms with Crippen molar-refractivity contribution >= 4 is 45.3 Å². The van der Waals surface area contributed by atoms with Crippen LogP contribution in [0.5, 0.6) is 0 Å². The molecular formula is C12H7BrClFO4S2. The van der Waals surface area contributed by atoms with Crippen molar-refractivity contribution in [2.45, 2.75) is 9.79 Å².